The van der Waals surface area contributed by atoms with E-state index in [0.29, 0.717) is 13.1 Å². The van der Waals surface area contributed by atoms with E-state index >= 15 is 0 Å². The van der Waals surface area contributed by atoms with Gasteiger partial charge in [-0.3, -0.25) is 4.79 Å². The summed E-state index contributed by atoms with van der Waals surface area (Å²) in [5, 5.41) is 7.39. The number of aryl methyl sites for hydroxylation is 1. The molecule has 0 aliphatic heterocycles. The van der Waals surface area contributed by atoms with Gasteiger partial charge >= 0.3 is 0 Å². The fraction of sp³-hybridized carbons (Fsp3) is 0.471. The molecule has 2 rings (SSSR count). The minimum absolute atomic E-state index is 0.0264. The van der Waals surface area contributed by atoms with Crippen molar-refractivity contribution in [3.63, 3.8) is 0 Å². The molecule has 1 aromatic heterocycles. The number of rotatable bonds is 6. The Morgan fingerprint density at radius 1 is 1.19 bits per heavy atom. The zero-order chi connectivity index (χ0) is 15.3. The van der Waals surface area contributed by atoms with Gasteiger partial charge in [0.05, 0.1) is 6.54 Å². The van der Waals surface area contributed by atoms with Gasteiger partial charge in [0.25, 0.3) is 0 Å². The summed E-state index contributed by atoms with van der Waals surface area (Å²) in [7, 11) is 0. The predicted molar refractivity (Wildman–Crippen MR) is 87.3 cm³/mol. The van der Waals surface area contributed by atoms with Crippen molar-refractivity contribution < 1.29 is 4.79 Å². The van der Waals surface area contributed by atoms with E-state index in [9.17, 15) is 4.79 Å². The summed E-state index contributed by atoms with van der Waals surface area (Å²) in [6, 6.07) is 10.5. The molecule has 0 bridgehead atoms. The van der Waals surface area contributed by atoms with Crippen LogP contribution in [0.4, 0.5) is 0 Å². The van der Waals surface area contributed by atoms with Crippen LogP contribution in [0.25, 0.3) is 10.9 Å². The Kier molecular flexibility index (Phi) is 5.02. The van der Waals surface area contributed by atoms with Crippen molar-refractivity contribution in [2.45, 2.75) is 39.3 Å². The molecule has 0 saturated carbocycles. The Hall–Kier alpha value is -1.81. The van der Waals surface area contributed by atoms with E-state index in [1.54, 1.807) is 0 Å². The second-order valence-corrected chi connectivity index (χ2v) is 6.38. The molecule has 2 aromatic rings. The summed E-state index contributed by atoms with van der Waals surface area (Å²) in [6.07, 6.45) is 3.04. The van der Waals surface area contributed by atoms with Crippen molar-refractivity contribution >= 4 is 16.8 Å². The van der Waals surface area contributed by atoms with Gasteiger partial charge in [-0.2, -0.15) is 0 Å². The first kappa shape index (κ1) is 15.6. The molecule has 0 aliphatic carbocycles. The molecule has 2 N–H and O–H groups in total. The molecule has 1 heterocycles. The minimum Gasteiger partial charge on any atom is -0.355 e. The van der Waals surface area contributed by atoms with Gasteiger partial charge in [-0.1, -0.05) is 18.2 Å². The van der Waals surface area contributed by atoms with Crippen molar-refractivity contribution in [2.24, 2.45) is 0 Å². The Morgan fingerprint density at radius 2 is 1.95 bits per heavy atom. The van der Waals surface area contributed by atoms with Crippen LogP contribution in [0.2, 0.25) is 0 Å². The van der Waals surface area contributed by atoms with E-state index in [0.717, 1.165) is 13.0 Å². The van der Waals surface area contributed by atoms with Gasteiger partial charge in [-0.25, -0.2) is 0 Å². The molecule has 0 unspecified atom stereocenters. The third-order valence-corrected chi connectivity index (χ3v) is 3.36. The van der Waals surface area contributed by atoms with Crippen molar-refractivity contribution in [1.82, 2.24) is 15.2 Å². The second-order valence-electron chi connectivity index (χ2n) is 6.38. The molecule has 0 radical (unpaired) electrons. The van der Waals surface area contributed by atoms with Gasteiger partial charge in [0.1, 0.15) is 0 Å². The smallest absolute Gasteiger partial charge is 0.233 e. The Bertz CT molecular complexity index is 595. The van der Waals surface area contributed by atoms with E-state index < -0.39 is 0 Å². The number of benzene rings is 1. The summed E-state index contributed by atoms with van der Waals surface area (Å²) in [5.74, 6) is 0.0577. The lowest BCUT2D eigenvalue weighted by Gasteiger charge is -2.20. The maximum Gasteiger partial charge on any atom is 0.233 e. The number of nitrogens with zero attached hydrogens (tertiary/aromatic N) is 1. The number of amides is 1. The first-order chi connectivity index (χ1) is 9.96. The average Bonchev–Trinajstić information content (AvgIpc) is 2.84. The summed E-state index contributed by atoms with van der Waals surface area (Å²) in [5.41, 5.74) is 1.22. The topological polar surface area (TPSA) is 46.1 Å². The molecule has 0 aliphatic rings. The van der Waals surface area contributed by atoms with Gasteiger partial charge in [0.15, 0.2) is 0 Å². The van der Waals surface area contributed by atoms with Crippen LogP contribution in [0.1, 0.15) is 27.2 Å². The van der Waals surface area contributed by atoms with E-state index in [-0.39, 0.29) is 11.4 Å². The van der Waals surface area contributed by atoms with E-state index in [1.807, 2.05) is 0 Å². The third kappa shape index (κ3) is 4.90. The SMILES string of the molecule is CC(C)(C)NCC(=O)NCCCn1ccc2ccccc21. The highest BCUT2D eigenvalue weighted by Crippen LogP contribution is 2.15. The van der Waals surface area contributed by atoms with Crippen LogP contribution in [0.5, 0.6) is 0 Å². The molecule has 0 fully saturated rings. The van der Waals surface area contributed by atoms with Gasteiger partial charge < -0.3 is 15.2 Å². The zero-order valence-corrected chi connectivity index (χ0v) is 13.1. The maximum atomic E-state index is 11.7. The molecule has 4 heteroatoms. The monoisotopic (exact) mass is 287 g/mol. The standard InChI is InChI=1S/C17H25N3O/c1-17(2,3)19-13-16(21)18-10-6-11-20-12-9-14-7-4-5-8-15(14)20/h4-5,7-9,12,19H,6,10-11,13H2,1-3H3,(H,18,21). The van der Waals surface area contributed by atoms with E-state index in [2.05, 4.69) is 72.5 Å². The number of nitrogens with one attached hydrogen (secondary N) is 2. The molecule has 0 spiro atoms. The quantitative estimate of drug-likeness (QED) is 0.802. The van der Waals surface area contributed by atoms with Crippen LogP contribution in [-0.4, -0.2) is 29.1 Å². The van der Waals surface area contributed by atoms with Gasteiger partial charge in [0, 0.05) is 30.3 Å². The largest absolute Gasteiger partial charge is 0.355 e. The zero-order valence-electron chi connectivity index (χ0n) is 13.1. The normalized spacial score (nSPS) is 11.8. The highest BCUT2D eigenvalue weighted by molar-refractivity contribution is 5.80. The molecule has 1 amide bonds. The van der Waals surface area contributed by atoms with Crippen molar-refractivity contribution in [1.29, 1.82) is 0 Å². The van der Waals surface area contributed by atoms with Crippen molar-refractivity contribution in [3.8, 4) is 0 Å². The number of para-hydroxylation sites is 1. The lowest BCUT2D eigenvalue weighted by Crippen LogP contribution is -2.43. The first-order valence-corrected chi connectivity index (χ1v) is 7.51. The van der Waals surface area contributed by atoms with Crippen molar-refractivity contribution in [2.75, 3.05) is 13.1 Å². The molecule has 0 saturated heterocycles. The molecular weight excluding hydrogens is 262 g/mol. The number of hydrogen-bond donors (Lipinski definition) is 2. The maximum absolute atomic E-state index is 11.7. The van der Waals surface area contributed by atoms with Crippen LogP contribution in [0.15, 0.2) is 36.5 Å². The van der Waals surface area contributed by atoms with Gasteiger partial charge in [0.2, 0.25) is 5.91 Å². The first-order valence-electron chi connectivity index (χ1n) is 7.51. The Balaban J connectivity index is 1.71. The number of carbonyl (C=O) groups is 1. The molecule has 4 nitrogen and oxygen atoms in total. The van der Waals surface area contributed by atoms with Crippen LogP contribution >= 0.6 is 0 Å². The summed E-state index contributed by atoms with van der Waals surface area (Å²) in [6.45, 7) is 8.15. The highest BCUT2D eigenvalue weighted by Gasteiger charge is 2.10. The summed E-state index contributed by atoms with van der Waals surface area (Å²) >= 11 is 0. The van der Waals surface area contributed by atoms with Gasteiger partial charge in [-0.15, -0.1) is 0 Å². The van der Waals surface area contributed by atoms with Crippen LogP contribution in [0, 0.1) is 0 Å². The summed E-state index contributed by atoms with van der Waals surface area (Å²) < 4.78 is 2.23. The fourth-order valence-corrected chi connectivity index (χ4v) is 2.22. The minimum atomic E-state index is -0.0264. The van der Waals surface area contributed by atoms with Gasteiger partial charge in [-0.05, 0) is 44.7 Å². The lowest BCUT2D eigenvalue weighted by molar-refractivity contribution is -0.120. The number of fused-ring (bicyclic) bond motifs is 1. The molecule has 1 aromatic carbocycles. The number of hydrogen-bond acceptors (Lipinski definition) is 2. The van der Waals surface area contributed by atoms with E-state index in [4.69, 9.17) is 0 Å². The van der Waals surface area contributed by atoms with Crippen molar-refractivity contribution in [3.05, 3.63) is 36.5 Å². The third-order valence-electron chi connectivity index (χ3n) is 3.36. The second kappa shape index (κ2) is 6.76. The van der Waals surface area contributed by atoms with Crippen LogP contribution in [-0.2, 0) is 11.3 Å². The van der Waals surface area contributed by atoms with Crippen LogP contribution in [0.3, 0.4) is 0 Å². The Labute approximate surface area is 126 Å². The molecule has 114 valence electrons. The molecule has 0 atom stereocenters. The Morgan fingerprint density at radius 3 is 2.71 bits per heavy atom. The van der Waals surface area contributed by atoms with E-state index in [1.165, 1.54) is 10.9 Å². The predicted octanol–water partition coefficient (Wildman–Crippen LogP) is 2.54. The number of aromatic nitrogens is 1. The average molecular weight is 287 g/mol. The molecule has 21 heavy (non-hydrogen) atoms. The highest BCUT2D eigenvalue weighted by atomic mass is 16.1. The summed E-state index contributed by atoms with van der Waals surface area (Å²) in [4.78, 5) is 11.7. The number of carbonyl (C=O) groups excluding carboxylic acids is 1. The molecular formula is C17H25N3O. The van der Waals surface area contributed by atoms with Crippen LogP contribution < -0.4 is 10.6 Å². The fourth-order valence-electron chi connectivity index (χ4n) is 2.22. The lowest BCUT2D eigenvalue weighted by atomic mass is 10.1.